The Balaban J connectivity index is 1.33. The van der Waals surface area contributed by atoms with Gasteiger partial charge in [-0.15, -0.1) is 0 Å². The predicted octanol–water partition coefficient (Wildman–Crippen LogP) is 3.37. The van der Waals surface area contributed by atoms with Crippen molar-refractivity contribution in [3.8, 4) is 0 Å². The van der Waals surface area contributed by atoms with Crippen molar-refractivity contribution in [3.05, 3.63) is 70.1 Å². The summed E-state index contributed by atoms with van der Waals surface area (Å²) in [6, 6.07) is 7.52. The summed E-state index contributed by atoms with van der Waals surface area (Å²) in [6.45, 7) is 0.974. The minimum absolute atomic E-state index is 0.105. The van der Waals surface area contributed by atoms with Crippen LogP contribution in [0.25, 0.3) is 10.9 Å². The number of alkyl halides is 1. The van der Waals surface area contributed by atoms with Gasteiger partial charge in [-0.3, -0.25) is 19.2 Å². The molecule has 4 amide bonds. The lowest BCUT2D eigenvalue weighted by atomic mass is 10.1. The number of hydrogen-bond acceptors (Lipinski definition) is 5. The zero-order valence-corrected chi connectivity index (χ0v) is 24.4. The number of amides is 4. The van der Waals surface area contributed by atoms with E-state index in [2.05, 4.69) is 10.6 Å². The number of hydrogen-bond donors (Lipinski definition) is 3. The molecular formula is C30H30ClF2N5O6. The van der Waals surface area contributed by atoms with Crippen molar-refractivity contribution >= 4 is 52.1 Å². The average Bonchev–Trinajstić information content (AvgIpc) is 3.71. The van der Waals surface area contributed by atoms with Crippen LogP contribution in [0.3, 0.4) is 0 Å². The highest BCUT2D eigenvalue weighted by molar-refractivity contribution is 6.30. The molecule has 0 saturated carbocycles. The summed E-state index contributed by atoms with van der Waals surface area (Å²) in [5, 5.41) is 14.9. The van der Waals surface area contributed by atoms with E-state index in [0.29, 0.717) is 29.4 Å². The molecule has 2 saturated heterocycles. The molecule has 3 heterocycles. The second-order valence-corrected chi connectivity index (χ2v) is 11.4. The van der Waals surface area contributed by atoms with Crippen LogP contribution in [0.4, 0.5) is 13.6 Å². The topological polar surface area (TPSA) is 141 Å². The number of rotatable bonds is 8. The second-order valence-electron chi connectivity index (χ2n) is 11.0. The van der Waals surface area contributed by atoms with E-state index in [1.54, 1.807) is 6.07 Å². The quantitative estimate of drug-likeness (QED) is 0.326. The van der Waals surface area contributed by atoms with Crippen molar-refractivity contribution in [2.75, 3.05) is 19.6 Å². The Kier molecular flexibility index (Phi) is 8.86. The van der Waals surface area contributed by atoms with Gasteiger partial charge in [-0.1, -0.05) is 29.8 Å². The maximum atomic E-state index is 14.5. The summed E-state index contributed by atoms with van der Waals surface area (Å²) < 4.78 is 30.3. The van der Waals surface area contributed by atoms with E-state index >= 15 is 0 Å². The highest BCUT2D eigenvalue weighted by Crippen LogP contribution is 2.26. The smallest absolute Gasteiger partial charge is 0.407 e. The molecule has 11 nitrogen and oxygen atoms in total. The van der Waals surface area contributed by atoms with E-state index in [0.717, 1.165) is 4.90 Å². The van der Waals surface area contributed by atoms with Crippen molar-refractivity contribution in [1.29, 1.82) is 0 Å². The molecule has 1 aromatic heterocycles. The van der Waals surface area contributed by atoms with E-state index < -0.39 is 41.8 Å². The molecule has 3 atom stereocenters. The molecule has 2 aromatic carbocycles. The van der Waals surface area contributed by atoms with E-state index in [-0.39, 0.29) is 60.6 Å². The fourth-order valence-electron chi connectivity index (χ4n) is 5.70. The first-order chi connectivity index (χ1) is 20.9. The van der Waals surface area contributed by atoms with E-state index in [1.165, 1.54) is 52.9 Å². The summed E-state index contributed by atoms with van der Waals surface area (Å²) >= 11 is 5.80. The zero-order chi connectivity index (χ0) is 31.7. The van der Waals surface area contributed by atoms with Crippen LogP contribution in [-0.2, 0) is 22.7 Å². The molecule has 3 aromatic rings. The number of Topliss-reactive ketones (excluding diaryl/α,β-unsaturated/α-hetero) is 1. The van der Waals surface area contributed by atoms with Gasteiger partial charge < -0.3 is 30.1 Å². The lowest BCUT2D eigenvalue weighted by molar-refractivity contribution is -0.139. The van der Waals surface area contributed by atoms with Gasteiger partial charge in [-0.05, 0) is 31.5 Å². The third-order valence-electron chi connectivity index (χ3n) is 7.98. The van der Waals surface area contributed by atoms with E-state index in [1.807, 2.05) is 0 Å². The first-order valence-corrected chi connectivity index (χ1v) is 14.4. The van der Waals surface area contributed by atoms with Crippen LogP contribution < -0.4 is 10.6 Å². The number of nitrogens with zero attached hydrogens (tertiary/aromatic N) is 3. The molecule has 14 heteroatoms. The van der Waals surface area contributed by atoms with Crippen LogP contribution >= 0.6 is 11.6 Å². The molecular weight excluding hydrogens is 600 g/mol. The Hall–Kier alpha value is -4.52. The third-order valence-corrected chi connectivity index (χ3v) is 8.27. The maximum absolute atomic E-state index is 14.5. The molecule has 2 fully saturated rings. The van der Waals surface area contributed by atoms with Crippen molar-refractivity contribution < 1.29 is 37.9 Å². The van der Waals surface area contributed by atoms with Gasteiger partial charge in [-0.25, -0.2) is 13.6 Å². The summed E-state index contributed by atoms with van der Waals surface area (Å²) in [5.74, 6) is -2.63. The summed E-state index contributed by atoms with van der Waals surface area (Å²) in [5.41, 5.74) is 1.10. The highest BCUT2D eigenvalue weighted by atomic mass is 35.5. The number of nitrogens with one attached hydrogen (secondary N) is 2. The molecule has 2 aliphatic heterocycles. The Morgan fingerprint density at radius 1 is 1.11 bits per heavy atom. The lowest BCUT2D eigenvalue weighted by Crippen LogP contribution is -2.46. The Bertz CT molecular complexity index is 1660. The number of benzene rings is 2. The minimum Gasteiger partial charge on any atom is -0.465 e. The normalized spacial score (nSPS) is 19.8. The van der Waals surface area contributed by atoms with Crippen LogP contribution in [0, 0.1) is 5.82 Å². The minimum atomic E-state index is -1.45. The van der Waals surface area contributed by atoms with Gasteiger partial charge in [0.25, 0.3) is 5.91 Å². The molecule has 3 N–H and O–H groups in total. The van der Waals surface area contributed by atoms with Gasteiger partial charge in [-0.2, -0.15) is 0 Å². The Morgan fingerprint density at radius 3 is 2.59 bits per heavy atom. The summed E-state index contributed by atoms with van der Waals surface area (Å²) in [7, 11) is 0. The maximum Gasteiger partial charge on any atom is 0.407 e. The van der Waals surface area contributed by atoms with Crippen LogP contribution in [0.15, 0.2) is 42.6 Å². The van der Waals surface area contributed by atoms with Crippen molar-refractivity contribution in [2.24, 2.45) is 0 Å². The molecule has 44 heavy (non-hydrogen) atoms. The fraction of sp³-hybridized carbons (Fsp3) is 0.367. The largest absolute Gasteiger partial charge is 0.465 e. The number of fused-ring (bicyclic) bond motifs is 1. The van der Waals surface area contributed by atoms with Crippen LogP contribution in [0.5, 0.6) is 0 Å². The number of aromatic nitrogens is 1. The second kappa shape index (κ2) is 12.6. The van der Waals surface area contributed by atoms with Crippen molar-refractivity contribution in [3.63, 3.8) is 0 Å². The SMILES string of the molecule is CC(=O)c1cn(CC(=O)N2C[C@H](F)C[C@H]2C(=O)NCc2cccc(Cl)c2F)c2cc(C(=O)N[C@H]3CCN(C(=O)O)C3)ccc12. The Morgan fingerprint density at radius 2 is 1.89 bits per heavy atom. The van der Waals surface area contributed by atoms with Gasteiger partial charge >= 0.3 is 6.09 Å². The van der Waals surface area contributed by atoms with Crippen molar-refractivity contribution in [1.82, 2.24) is 25.0 Å². The fourth-order valence-corrected chi connectivity index (χ4v) is 5.89. The number of carboxylic acid groups (broad SMARTS) is 1. The van der Waals surface area contributed by atoms with Crippen LogP contribution in [-0.4, -0.2) is 87.0 Å². The average molecular weight is 630 g/mol. The highest BCUT2D eigenvalue weighted by Gasteiger charge is 2.40. The standard InChI is InChI=1S/C30H30ClF2N5O6/c1-16(39)22-14-37(24-9-17(5-6-21(22)24)28(41)35-20-7-8-36(13-20)30(43)44)15-26(40)38-12-19(32)10-25(38)29(42)34-11-18-3-2-4-23(31)27(18)33/h2-6,9,14,19-20,25H,7-8,10-13,15H2,1H3,(H,34,42)(H,35,41)(H,43,44)/t19-,20+,25+/m1/s1. The predicted molar refractivity (Wildman–Crippen MR) is 156 cm³/mol. The molecule has 0 bridgehead atoms. The van der Waals surface area contributed by atoms with E-state index in [4.69, 9.17) is 11.6 Å². The van der Waals surface area contributed by atoms with Gasteiger partial charge in [0.05, 0.1) is 17.1 Å². The lowest BCUT2D eigenvalue weighted by Gasteiger charge is -2.24. The first kappa shape index (κ1) is 30.9. The number of carbonyl (C=O) groups is 5. The molecule has 0 radical (unpaired) electrons. The molecule has 0 aliphatic carbocycles. The number of halogens is 3. The molecule has 0 spiro atoms. The number of likely N-dealkylation sites (tertiary alicyclic amines) is 2. The van der Waals surface area contributed by atoms with Gasteiger partial charge in [0, 0.05) is 60.4 Å². The summed E-state index contributed by atoms with van der Waals surface area (Å²) in [6.07, 6.45) is -0.794. The van der Waals surface area contributed by atoms with E-state index in [9.17, 15) is 37.9 Å². The molecule has 0 unspecified atom stereocenters. The molecule has 5 rings (SSSR count). The first-order valence-electron chi connectivity index (χ1n) is 14.0. The molecule has 2 aliphatic rings. The monoisotopic (exact) mass is 629 g/mol. The van der Waals surface area contributed by atoms with Crippen LogP contribution in [0.1, 0.15) is 46.0 Å². The Labute approximate surface area is 255 Å². The third kappa shape index (κ3) is 6.37. The number of ketones is 1. The van der Waals surface area contributed by atoms with Gasteiger partial charge in [0.15, 0.2) is 5.78 Å². The zero-order valence-electron chi connectivity index (χ0n) is 23.7. The van der Waals surface area contributed by atoms with Gasteiger partial charge in [0.1, 0.15) is 24.6 Å². The molecule has 232 valence electrons. The summed E-state index contributed by atoms with van der Waals surface area (Å²) in [4.78, 5) is 65.4. The van der Waals surface area contributed by atoms with Gasteiger partial charge in [0.2, 0.25) is 11.8 Å². The van der Waals surface area contributed by atoms with Crippen LogP contribution in [0.2, 0.25) is 5.02 Å². The number of carbonyl (C=O) groups excluding carboxylic acids is 4. The van der Waals surface area contributed by atoms with Crippen molar-refractivity contribution in [2.45, 2.75) is 51.1 Å².